The lowest BCUT2D eigenvalue weighted by Crippen LogP contribution is -2.44. The van der Waals surface area contributed by atoms with Crippen molar-refractivity contribution in [3.05, 3.63) is 34.9 Å². The molecule has 1 aromatic carbocycles. The van der Waals surface area contributed by atoms with Gasteiger partial charge in [0.1, 0.15) is 5.41 Å². The Balaban J connectivity index is 3.62. The van der Waals surface area contributed by atoms with Gasteiger partial charge >= 0.3 is 12.4 Å². The van der Waals surface area contributed by atoms with E-state index in [0.717, 1.165) is 39.2 Å². The Labute approximate surface area is 130 Å². The van der Waals surface area contributed by atoms with Gasteiger partial charge in [0, 0.05) is 7.11 Å². The molecule has 0 aliphatic carbocycles. The maximum Gasteiger partial charge on any atom is 0.421 e. The molecule has 132 valence electrons. The van der Waals surface area contributed by atoms with E-state index in [4.69, 9.17) is 0 Å². The van der Waals surface area contributed by atoms with E-state index in [1.807, 2.05) is 0 Å². The quantitative estimate of drug-likeness (QED) is 0.829. The molecule has 1 rings (SSSR count). The van der Waals surface area contributed by atoms with E-state index < -0.39 is 41.1 Å². The SMILES string of the molecule is COC(C)(c1cc(C)cc(C(C)(CO)C(F)(F)F)c1)C(F)(F)F. The molecule has 0 fully saturated rings. The van der Waals surface area contributed by atoms with Gasteiger partial charge in [0.15, 0.2) is 5.60 Å². The summed E-state index contributed by atoms with van der Waals surface area (Å²) in [5.74, 6) is 0. The number of hydrogen-bond acceptors (Lipinski definition) is 2. The van der Waals surface area contributed by atoms with Gasteiger partial charge in [0.25, 0.3) is 0 Å². The number of methoxy groups -OCH3 is 1. The van der Waals surface area contributed by atoms with Crippen LogP contribution in [-0.2, 0) is 15.8 Å². The fourth-order valence-electron chi connectivity index (χ4n) is 2.12. The van der Waals surface area contributed by atoms with Crippen molar-refractivity contribution >= 4 is 0 Å². The van der Waals surface area contributed by atoms with Gasteiger partial charge in [-0.3, -0.25) is 0 Å². The molecule has 0 aliphatic rings. The average molecular weight is 344 g/mol. The Morgan fingerprint density at radius 2 is 1.39 bits per heavy atom. The van der Waals surface area contributed by atoms with E-state index in [0.29, 0.717) is 0 Å². The van der Waals surface area contributed by atoms with Gasteiger partial charge in [-0.15, -0.1) is 0 Å². The lowest BCUT2D eigenvalue weighted by atomic mass is 9.79. The van der Waals surface area contributed by atoms with E-state index in [-0.39, 0.29) is 5.56 Å². The highest BCUT2D eigenvalue weighted by atomic mass is 19.4. The normalized spacial score (nSPS) is 18.4. The Kier molecular flexibility index (Phi) is 5.14. The Bertz CT molecular complexity index is 520. The molecule has 8 heteroatoms. The first-order valence-electron chi connectivity index (χ1n) is 6.65. The summed E-state index contributed by atoms with van der Waals surface area (Å²) in [6.45, 7) is 1.58. The number of alkyl halides is 6. The van der Waals surface area contributed by atoms with Crippen LogP contribution in [0.2, 0.25) is 0 Å². The summed E-state index contributed by atoms with van der Waals surface area (Å²) in [6, 6.07) is 3.02. The zero-order valence-corrected chi connectivity index (χ0v) is 13.1. The van der Waals surface area contributed by atoms with Crippen molar-refractivity contribution in [1.29, 1.82) is 0 Å². The van der Waals surface area contributed by atoms with Crippen LogP contribution >= 0.6 is 0 Å². The third-order valence-corrected chi connectivity index (χ3v) is 4.16. The number of benzene rings is 1. The number of hydrogen-bond donors (Lipinski definition) is 1. The zero-order chi connectivity index (χ0) is 18.3. The molecule has 23 heavy (non-hydrogen) atoms. The fourth-order valence-corrected chi connectivity index (χ4v) is 2.12. The van der Waals surface area contributed by atoms with Gasteiger partial charge < -0.3 is 9.84 Å². The second-order valence-electron chi connectivity index (χ2n) is 5.81. The van der Waals surface area contributed by atoms with Gasteiger partial charge in [0.05, 0.1) is 6.61 Å². The molecule has 0 spiro atoms. The number of rotatable bonds is 4. The third-order valence-electron chi connectivity index (χ3n) is 4.16. The summed E-state index contributed by atoms with van der Waals surface area (Å²) in [6.07, 6.45) is -9.64. The highest BCUT2D eigenvalue weighted by Gasteiger charge is 2.55. The van der Waals surface area contributed by atoms with Crippen LogP contribution in [0.3, 0.4) is 0 Å². The maximum absolute atomic E-state index is 13.3. The van der Waals surface area contributed by atoms with Gasteiger partial charge in [-0.2, -0.15) is 26.3 Å². The lowest BCUT2D eigenvalue weighted by Gasteiger charge is -2.35. The van der Waals surface area contributed by atoms with Crippen LogP contribution in [0.4, 0.5) is 26.3 Å². The molecule has 0 heterocycles. The molecule has 2 unspecified atom stereocenters. The number of ether oxygens (including phenoxy) is 1. The van der Waals surface area contributed by atoms with E-state index in [1.54, 1.807) is 0 Å². The molecule has 1 aromatic rings. The van der Waals surface area contributed by atoms with Crippen molar-refractivity contribution in [2.24, 2.45) is 0 Å². The van der Waals surface area contributed by atoms with Gasteiger partial charge in [-0.25, -0.2) is 0 Å². The molecule has 0 radical (unpaired) electrons. The third kappa shape index (κ3) is 3.33. The van der Waals surface area contributed by atoms with E-state index in [9.17, 15) is 31.4 Å². The van der Waals surface area contributed by atoms with Crippen LogP contribution in [0.1, 0.15) is 30.5 Å². The molecule has 2 atom stereocenters. The molecule has 1 N–H and O–H groups in total. The number of aryl methyl sites for hydroxylation is 1. The number of aliphatic hydroxyl groups excluding tert-OH is 1. The van der Waals surface area contributed by atoms with E-state index in [1.165, 1.54) is 6.92 Å². The van der Waals surface area contributed by atoms with Crippen LogP contribution in [-0.4, -0.2) is 31.2 Å². The van der Waals surface area contributed by atoms with Crippen molar-refractivity contribution in [3.8, 4) is 0 Å². The minimum absolute atomic E-state index is 0.203. The smallest absolute Gasteiger partial charge is 0.395 e. The van der Waals surface area contributed by atoms with Crippen molar-refractivity contribution in [2.75, 3.05) is 13.7 Å². The monoisotopic (exact) mass is 344 g/mol. The topological polar surface area (TPSA) is 29.5 Å². The molecule has 0 amide bonds. The molecule has 0 saturated heterocycles. The van der Waals surface area contributed by atoms with Crippen LogP contribution in [0.5, 0.6) is 0 Å². The maximum atomic E-state index is 13.3. The molecule has 0 bridgehead atoms. The molecule has 2 nitrogen and oxygen atoms in total. The Morgan fingerprint density at radius 1 is 0.913 bits per heavy atom. The largest absolute Gasteiger partial charge is 0.421 e. The van der Waals surface area contributed by atoms with Crippen LogP contribution in [0.25, 0.3) is 0 Å². The van der Waals surface area contributed by atoms with Crippen molar-refractivity contribution in [1.82, 2.24) is 0 Å². The predicted octanol–water partition coefficient (Wildman–Crippen LogP) is 4.23. The van der Waals surface area contributed by atoms with Crippen LogP contribution in [0.15, 0.2) is 18.2 Å². The first-order chi connectivity index (χ1) is 10.2. The second-order valence-corrected chi connectivity index (χ2v) is 5.81. The van der Waals surface area contributed by atoms with Crippen LogP contribution in [0, 0.1) is 6.92 Å². The first-order valence-corrected chi connectivity index (χ1v) is 6.65. The zero-order valence-electron chi connectivity index (χ0n) is 13.1. The first kappa shape index (κ1) is 19.8. The highest BCUT2D eigenvalue weighted by Crippen LogP contribution is 2.45. The number of halogens is 6. The lowest BCUT2D eigenvalue weighted by molar-refractivity contribution is -0.269. The summed E-state index contributed by atoms with van der Waals surface area (Å²) < 4.78 is 84.1. The molecular formula is C15H18F6O2. The Morgan fingerprint density at radius 3 is 1.74 bits per heavy atom. The molecule has 0 saturated carbocycles. The fraction of sp³-hybridized carbons (Fsp3) is 0.600. The van der Waals surface area contributed by atoms with Gasteiger partial charge in [-0.1, -0.05) is 23.8 Å². The highest BCUT2D eigenvalue weighted by molar-refractivity contribution is 5.39. The Hall–Kier alpha value is -1.28. The van der Waals surface area contributed by atoms with Crippen LogP contribution < -0.4 is 0 Å². The predicted molar refractivity (Wildman–Crippen MR) is 72.1 cm³/mol. The van der Waals surface area contributed by atoms with Crippen molar-refractivity contribution < 1.29 is 36.2 Å². The van der Waals surface area contributed by atoms with Crippen molar-refractivity contribution in [2.45, 2.75) is 44.1 Å². The summed E-state index contributed by atoms with van der Waals surface area (Å²) in [5.41, 5.74) is -6.13. The van der Waals surface area contributed by atoms with Gasteiger partial charge in [-0.05, 0) is 31.9 Å². The second kappa shape index (κ2) is 5.98. The summed E-state index contributed by atoms with van der Waals surface area (Å²) in [5, 5.41) is 9.20. The summed E-state index contributed by atoms with van der Waals surface area (Å²) in [7, 11) is 0.838. The van der Waals surface area contributed by atoms with Crippen molar-refractivity contribution in [3.63, 3.8) is 0 Å². The summed E-state index contributed by atoms with van der Waals surface area (Å²) in [4.78, 5) is 0. The minimum Gasteiger partial charge on any atom is -0.395 e. The summed E-state index contributed by atoms with van der Waals surface area (Å²) >= 11 is 0. The molecule has 0 aliphatic heterocycles. The standard InChI is InChI=1S/C15H18F6O2/c1-9-5-10(12(2,8-22)14(16,17)18)7-11(6-9)13(3,23-4)15(19,20)21/h5-7,22H,8H2,1-4H3. The van der Waals surface area contributed by atoms with Gasteiger partial charge in [0.2, 0.25) is 0 Å². The minimum atomic E-state index is -4.82. The average Bonchev–Trinajstić information content (AvgIpc) is 2.42. The van der Waals surface area contributed by atoms with E-state index in [2.05, 4.69) is 4.74 Å². The molecule has 0 aromatic heterocycles. The number of aliphatic hydroxyl groups is 1. The molecular weight excluding hydrogens is 326 g/mol. The van der Waals surface area contributed by atoms with E-state index >= 15 is 0 Å².